The van der Waals surface area contributed by atoms with Crippen molar-refractivity contribution in [2.45, 2.75) is 11.8 Å². The number of hydrogen-bond acceptors (Lipinski definition) is 3. The first-order chi connectivity index (χ1) is 40.7. The highest BCUT2D eigenvalue weighted by atomic mass is 28.3. The van der Waals surface area contributed by atoms with Gasteiger partial charge in [-0.05, 0) is 86.0 Å². The highest BCUT2D eigenvalue weighted by Gasteiger charge is 2.50. The fourth-order valence-electron chi connectivity index (χ4n) is 14.0. The normalized spacial score (nSPS) is 14.1. The van der Waals surface area contributed by atoms with Crippen molar-refractivity contribution in [1.82, 2.24) is 15.0 Å². The van der Waals surface area contributed by atoms with Crippen LogP contribution in [0, 0.1) is 0 Å². The quantitative estimate of drug-likeness (QED) is 0.0904. The third-order valence-electron chi connectivity index (χ3n) is 17.4. The lowest BCUT2D eigenvalue weighted by Gasteiger charge is -2.46. The lowest BCUT2D eigenvalue weighted by atomic mass is 9.60. The minimum atomic E-state index is -3.16. The van der Waals surface area contributed by atoms with Gasteiger partial charge in [-0.2, -0.15) is 0 Å². The van der Waals surface area contributed by atoms with E-state index in [0.29, 0.717) is 17.5 Å². The van der Waals surface area contributed by atoms with E-state index in [1.54, 1.807) is 0 Å². The fourth-order valence-corrected chi connectivity index (χ4v) is 23.9. The summed E-state index contributed by atoms with van der Waals surface area (Å²) >= 11 is 0. The molecular formula is C77H55N3Si2. The van der Waals surface area contributed by atoms with E-state index in [-0.39, 0.29) is 11.8 Å². The van der Waals surface area contributed by atoms with Crippen LogP contribution in [0.1, 0.15) is 45.2 Å². The minimum Gasteiger partial charge on any atom is -0.208 e. The highest BCUT2D eigenvalue weighted by Crippen LogP contribution is 2.57. The molecule has 0 saturated heterocycles. The molecule has 5 heteroatoms. The molecule has 16 rings (SSSR count). The van der Waals surface area contributed by atoms with Crippen LogP contribution in [0.3, 0.4) is 0 Å². The molecule has 0 spiro atoms. The third-order valence-corrected chi connectivity index (χ3v) is 27.0. The van der Waals surface area contributed by atoms with E-state index in [1.807, 2.05) is 0 Å². The van der Waals surface area contributed by atoms with Gasteiger partial charge in [0.25, 0.3) is 0 Å². The van der Waals surface area contributed by atoms with Crippen molar-refractivity contribution in [3.8, 4) is 45.3 Å². The molecule has 0 saturated carbocycles. The summed E-state index contributed by atoms with van der Waals surface area (Å²) in [5.41, 5.74) is 13.4. The van der Waals surface area contributed by atoms with Crippen molar-refractivity contribution in [2.75, 3.05) is 0 Å². The smallest absolute Gasteiger partial charge is 0.179 e. The lowest BCUT2D eigenvalue weighted by molar-refractivity contribution is 0.758. The molecule has 3 nitrogen and oxygen atoms in total. The molecule has 1 aromatic heterocycles. The van der Waals surface area contributed by atoms with Crippen LogP contribution >= 0.6 is 0 Å². The second kappa shape index (κ2) is 20.6. The van der Waals surface area contributed by atoms with E-state index >= 15 is 0 Å². The van der Waals surface area contributed by atoms with E-state index in [4.69, 9.17) is 15.0 Å². The van der Waals surface area contributed by atoms with Crippen LogP contribution in [0.15, 0.2) is 322 Å². The Labute approximate surface area is 481 Å². The molecular weight excluding hydrogens is 1020 g/mol. The molecule has 0 aliphatic heterocycles. The Bertz CT molecular complexity index is 4310. The van der Waals surface area contributed by atoms with Gasteiger partial charge in [-0.25, -0.2) is 15.0 Å². The summed E-state index contributed by atoms with van der Waals surface area (Å²) in [6.45, 7) is 0. The number of rotatable bonds is 12. The van der Waals surface area contributed by atoms with E-state index < -0.39 is 16.1 Å². The molecule has 1 heterocycles. The Hall–Kier alpha value is -9.92. The van der Waals surface area contributed by atoms with Gasteiger partial charge >= 0.3 is 0 Å². The second-order valence-corrected chi connectivity index (χ2v) is 29.2. The minimum absolute atomic E-state index is 0.0152. The van der Waals surface area contributed by atoms with Gasteiger partial charge in [0.15, 0.2) is 33.6 Å². The summed E-state index contributed by atoms with van der Waals surface area (Å²) in [5, 5.41) is 10.6. The number of aromatic nitrogens is 3. The molecule has 12 aromatic carbocycles. The molecule has 0 amide bonds. The Morgan fingerprint density at radius 3 is 1.10 bits per heavy atom. The fraction of sp³-hybridized carbons (Fsp3) is 0.0260. The van der Waals surface area contributed by atoms with Crippen LogP contribution in [0.4, 0.5) is 0 Å². The van der Waals surface area contributed by atoms with E-state index in [2.05, 4.69) is 322 Å². The topological polar surface area (TPSA) is 38.7 Å². The SMILES string of the molecule is c1ccc(-c2cccc([Si](c3ccccc3)(c3ccccc3)c3cccc4c3C3c5ccccc5C4c4cccc(-c5nc(-c6ccccc6)nc(-c6cccc([Si](c7ccccc7)(c7ccccc7)c7ccccc7)c6)n5)c43)c2)cc1. The van der Waals surface area contributed by atoms with Gasteiger partial charge in [-0.3, -0.25) is 0 Å². The van der Waals surface area contributed by atoms with Crippen molar-refractivity contribution >= 4 is 57.6 Å². The average molecular weight is 1080 g/mol. The Morgan fingerprint density at radius 2 is 0.561 bits per heavy atom. The van der Waals surface area contributed by atoms with Gasteiger partial charge < -0.3 is 0 Å². The highest BCUT2D eigenvalue weighted by molar-refractivity contribution is 7.20. The number of nitrogens with zero attached hydrogens (tertiary/aromatic N) is 3. The van der Waals surface area contributed by atoms with Crippen molar-refractivity contribution in [3.63, 3.8) is 0 Å². The molecule has 3 aliphatic carbocycles. The Balaban J connectivity index is 0.977. The molecule has 13 aromatic rings. The molecule has 0 N–H and O–H groups in total. The van der Waals surface area contributed by atoms with Crippen molar-refractivity contribution in [2.24, 2.45) is 0 Å². The summed E-state index contributed by atoms with van der Waals surface area (Å²) in [7, 11) is -6.06. The summed E-state index contributed by atoms with van der Waals surface area (Å²) in [5.74, 6) is 1.80. The zero-order valence-corrected chi connectivity index (χ0v) is 47.1. The Morgan fingerprint density at radius 1 is 0.220 bits per heavy atom. The Kier molecular flexibility index (Phi) is 12.4. The first kappa shape index (κ1) is 49.2. The van der Waals surface area contributed by atoms with Gasteiger partial charge in [-0.1, -0.05) is 322 Å². The van der Waals surface area contributed by atoms with Crippen LogP contribution in [0.2, 0.25) is 0 Å². The first-order valence-electron chi connectivity index (χ1n) is 28.4. The average Bonchev–Trinajstić information content (AvgIpc) is 2.57. The lowest BCUT2D eigenvalue weighted by Crippen LogP contribution is -2.75. The van der Waals surface area contributed by atoms with Crippen LogP contribution in [-0.2, 0) is 0 Å². The van der Waals surface area contributed by atoms with Gasteiger partial charge in [0, 0.05) is 28.5 Å². The molecule has 0 fully saturated rings. The van der Waals surface area contributed by atoms with Gasteiger partial charge in [-0.15, -0.1) is 0 Å². The number of hydrogen-bond donors (Lipinski definition) is 0. The van der Waals surface area contributed by atoms with Crippen LogP contribution in [0.5, 0.6) is 0 Å². The number of benzene rings is 12. The van der Waals surface area contributed by atoms with Gasteiger partial charge in [0.2, 0.25) is 0 Å². The predicted octanol–water partition coefficient (Wildman–Crippen LogP) is 12.3. The van der Waals surface area contributed by atoms with Crippen molar-refractivity contribution < 1.29 is 0 Å². The molecule has 2 atom stereocenters. The van der Waals surface area contributed by atoms with Crippen LogP contribution in [-0.4, -0.2) is 31.1 Å². The zero-order chi connectivity index (χ0) is 54.5. The summed E-state index contributed by atoms with van der Waals surface area (Å²) < 4.78 is 0. The summed E-state index contributed by atoms with van der Waals surface area (Å²) in [6, 6.07) is 119. The molecule has 2 unspecified atom stereocenters. The standard InChI is InChI=1S/C77H55N3Si2/c1-8-28-54(29-9-1)56-32-24-45-64(52-56)82(61-40-18-6-19-41-61,62-42-20-7-21-43-62)70-51-27-49-68-71-65-46-22-23-47-66(65)74(73(68)70)72-67(71)48-26-50-69(72)77-79-75(55-30-10-2-11-31-55)78-76(80-77)57-33-25-44-63(53-57)81(58-34-12-3-13-35-58,59-36-14-4-15-37-59)60-38-16-5-17-39-60/h1-53,71,74H. The van der Waals surface area contributed by atoms with E-state index in [9.17, 15) is 0 Å². The first-order valence-corrected chi connectivity index (χ1v) is 32.4. The molecule has 0 radical (unpaired) electrons. The summed E-state index contributed by atoms with van der Waals surface area (Å²) in [6.07, 6.45) is 0. The van der Waals surface area contributed by atoms with E-state index in [0.717, 1.165) is 16.7 Å². The maximum Gasteiger partial charge on any atom is 0.179 e. The molecule has 3 aliphatic rings. The molecule has 386 valence electrons. The largest absolute Gasteiger partial charge is 0.208 e. The molecule has 2 bridgehead atoms. The van der Waals surface area contributed by atoms with E-state index in [1.165, 1.54) is 86.0 Å². The zero-order valence-electron chi connectivity index (χ0n) is 45.1. The van der Waals surface area contributed by atoms with Crippen molar-refractivity contribution in [1.29, 1.82) is 0 Å². The maximum atomic E-state index is 5.70. The van der Waals surface area contributed by atoms with Crippen LogP contribution in [0.25, 0.3) is 45.3 Å². The third kappa shape index (κ3) is 7.95. The van der Waals surface area contributed by atoms with Crippen LogP contribution < -0.4 is 41.5 Å². The van der Waals surface area contributed by atoms with Gasteiger partial charge in [0.1, 0.15) is 0 Å². The second-order valence-electron chi connectivity index (χ2n) is 21.6. The predicted molar refractivity (Wildman–Crippen MR) is 344 cm³/mol. The maximum absolute atomic E-state index is 5.70. The summed E-state index contributed by atoms with van der Waals surface area (Å²) in [4.78, 5) is 16.7. The van der Waals surface area contributed by atoms with Gasteiger partial charge in [0.05, 0.1) is 0 Å². The van der Waals surface area contributed by atoms with Crippen molar-refractivity contribution in [3.05, 3.63) is 355 Å². The monoisotopic (exact) mass is 1080 g/mol. The molecule has 82 heavy (non-hydrogen) atoms.